The summed E-state index contributed by atoms with van der Waals surface area (Å²) in [4.78, 5) is 29.5. The second-order valence-corrected chi connectivity index (χ2v) is 8.22. The minimum atomic E-state index is -0.744. The monoisotopic (exact) mass is 477 g/mol. The van der Waals surface area contributed by atoms with Crippen LogP contribution in [0.3, 0.4) is 0 Å². The molecule has 0 aromatic heterocycles. The van der Waals surface area contributed by atoms with Gasteiger partial charge in [0.2, 0.25) is 5.91 Å². The van der Waals surface area contributed by atoms with Gasteiger partial charge in [-0.1, -0.05) is 30.3 Å². The van der Waals surface area contributed by atoms with Crippen molar-refractivity contribution < 1.29 is 18.7 Å². The van der Waals surface area contributed by atoms with Crippen LogP contribution in [0.5, 0.6) is 5.75 Å². The SMILES string of the molecule is COc1ccc(NC(=O)C[C@H]2C(=O)N(c3ccccc3)C(=S)N2CCc2ccc(F)cc2)cc1. The van der Waals surface area contributed by atoms with Gasteiger partial charge in [0.25, 0.3) is 5.91 Å². The van der Waals surface area contributed by atoms with Gasteiger partial charge in [0.1, 0.15) is 17.6 Å². The number of rotatable bonds is 8. The van der Waals surface area contributed by atoms with E-state index in [-0.39, 0.29) is 24.1 Å². The van der Waals surface area contributed by atoms with Gasteiger partial charge in [0.05, 0.1) is 19.2 Å². The first kappa shape index (κ1) is 23.4. The number of hydrogen-bond acceptors (Lipinski definition) is 4. The first-order valence-corrected chi connectivity index (χ1v) is 11.2. The number of halogens is 1. The molecule has 0 spiro atoms. The third-order valence-corrected chi connectivity index (χ3v) is 6.06. The lowest BCUT2D eigenvalue weighted by molar-refractivity contribution is -0.124. The minimum absolute atomic E-state index is 0.0578. The lowest BCUT2D eigenvalue weighted by atomic mass is 10.1. The van der Waals surface area contributed by atoms with Gasteiger partial charge in [-0.25, -0.2) is 4.39 Å². The molecule has 1 atom stereocenters. The number of amides is 2. The van der Waals surface area contributed by atoms with E-state index in [9.17, 15) is 14.0 Å². The summed E-state index contributed by atoms with van der Waals surface area (Å²) in [6.45, 7) is 0.417. The highest BCUT2D eigenvalue weighted by Crippen LogP contribution is 2.28. The molecular weight excluding hydrogens is 453 g/mol. The number of carbonyl (C=O) groups is 2. The molecule has 0 saturated carbocycles. The predicted octanol–water partition coefficient (Wildman–Crippen LogP) is 4.41. The molecule has 1 aliphatic rings. The van der Waals surface area contributed by atoms with E-state index in [1.807, 2.05) is 30.3 Å². The number of thiocarbonyl (C=S) groups is 1. The zero-order chi connectivity index (χ0) is 24.1. The molecule has 4 rings (SSSR count). The van der Waals surface area contributed by atoms with E-state index in [0.29, 0.717) is 35.2 Å². The standard InChI is InChI=1S/C26H24FN3O3S/c1-33-22-13-11-20(12-14-22)28-24(31)17-23-25(32)30(21-5-3-2-4-6-21)26(34)29(23)16-15-18-7-9-19(27)10-8-18/h2-14,23H,15-17H2,1H3,(H,28,31)/t23-/m0/s1. The van der Waals surface area contributed by atoms with Gasteiger partial charge in [-0.2, -0.15) is 0 Å². The second-order valence-electron chi connectivity index (χ2n) is 7.86. The normalized spacial score (nSPS) is 15.5. The molecule has 1 N–H and O–H groups in total. The van der Waals surface area contributed by atoms with Gasteiger partial charge in [-0.05, 0) is 72.7 Å². The Morgan fingerprint density at radius 2 is 1.71 bits per heavy atom. The van der Waals surface area contributed by atoms with Crippen molar-refractivity contribution in [1.82, 2.24) is 4.90 Å². The van der Waals surface area contributed by atoms with Gasteiger partial charge in [-0.15, -0.1) is 0 Å². The average molecular weight is 478 g/mol. The lowest BCUT2D eigenvalue weighted by Crippen LogP contribution is -2.39. The van der Waals surface area contributed by atoms with E-state index in [1.165, 1.54) is 17.0 Å². The molecule has 34 heavy (non-hydrogen) atoms. The summed E-state index contributed by atoms with van der Waals surface area (Å²) in [6.07, 6.45) is 0.491. The average Bonchev–Trinajstić information content (AvgIpc) is 3.08. The number of ether oxygens (including phenoxy) is 1. The molecule has 0 bridgehead atoms. The molecular formula is C26H24FN3O3S. The zero-order valence-electron chi connectivity index (χ0n) is 18.6. The largest absolute Gasteiger partial charge is 0.497 e. The topological polar surface area (TPSA) is 61.9 Å². The van der Waals surface area contributed by atoms with Gasteiger partial charge in [0.15, 0.2) is 5.11 Å². The van der Waals surface area contributed by atoms with Gasteiger partial charge < -0.3 is 15.0 Å². The predicted molar refractivity (Wildman–Crippen MR) is 133 cm³/mol. The van der Waals surface area contributed by atoms with Crippen molar-refractivity contribution in [3.8, 4) is 5.75 Å². The van der Waals surface area contributed by atoms with Crippen LogP contribution < -0.4 is 15.0 Å². The lowest BCUT2D eigenvalue weighted by Gasteiger charge is -2.24. The molecule has 0 aliphatic carbocycles. The first-order valence-electron chi connectivity index (χ1n) is 10.8. The minimum Gasteiger partial charge on any atom is -0.497 e. The number of para-hydroxylation sites is 1. The molecule has 0 unspecified atom stereocenters. The number of carbonyl (C=O) groups excluding carboxylic acids is 2. The summed E-state index contributed by atoms with van der Waals surface area (Å²) >= 11 is 5.67. The molecule has 6 nitrogen and oxygen atoms in total. The van der Waals surface area contributed by atoms with Gasteiger partial charge in [0, 0.05) is 12.2 Å². The summed E-state index contributed by atoms with van der Waals surface area (Å²) in [7, 11) is 1.57. The Labute approximate surface area is 202 Å². The van der Waals surface area contributed by atoms with Crippen molar-refractivity contribution >= 4 is 40.5 Å². The van der Waals surface area contributed by atoms with Gasteiger partial charge in [-0.3, -0.25) is 14.5 Å². The maximum atomic E-state index is 13.4. The first-order chi connectivity index (χ1) is 16.5. The van der Waals surface area contributed by atoms with Crippen molar-refractivity contribution in [1.29, 1.82) is 0 Å². The highest BCUT2D eigenvalue weighted by molar-refractivity contribution is 7.80. The summed E-state index contributed by atoms with van der Waals surface area (Å²) in [6, 6.07) is 21.6. The third-order valence-electron chi connectivity index (χ3n) is 5.64. The zero-order valence-corrected chi connectivity index (χ0v) is 19.4. The van der Waals surface area contributed by atoms with E-state index in [1.54, 1.807) is 48.4 Å². The number of methoxy groups -OCH3 is 1. The fourth-order valence-corrected chi connectivity index (χ4v) is 4.28. The van der Waals surface area contributed by atoms with Crippen LogP contribution in [0, 0.1) is 5.82 Å². The third kappa shape index (κ3) is 5.23. The Balaban J connectivity index is 1.52. The number of nitrogens with one attached hydrogen (secondary N) is 1. The van der Waals surface area contributed by atoms with Crippen LogP contribution >= 0.6 is 12.2 Å². The van der Waals surface area contributed by atoms with Crippen LogP contribution in [0.25, 0.3) is 0 Å². The quantitative estimate of drug-likeness (QED) is 0.487. The summed E-state index contributed by atoms with van der Waals surface area (Å²) in [5, 5.41) is 3.18. The molecule has 3 aromatic rings. The molecule has 1 fully saturated rings. The Morgan fingerprint density at radius 3 is 2.35 bits per heavy atom. The Morgan fingerprint density at radius 1 is 1.03 bits per heavy atom. The number of hydrogen-bond donors (Lipinski definition) is 1. The van der Waals surface area contributed by atoms with E-state index >= 15 is 0 Å². The number of anilines is 2. The molecule has 0 radical (unpaired) electrons. The summed E-state index contributed by atoms with van der Waals surface area (Å²) in [5.41, 5.74) is 2.18. The summed E-state index contributed by atoms with van der Waals surface area (Å²) < 4.78 is 18.4. The van der Waals surface area contributed by atoms with E-state index in [2.05, 4.69) is 5.32 Å². The van der Waals surface area contributed by atoms with Crippen molar-refractivity contribution in [2.24, 2.45) is 0 Å². The maximum absolute atomic E-state index is 13.4. The number of nitrogens with zero attached hydrogens (tertiary/aromatic N) is 2. The maximum Gasteiger partial charge on any atom is 0.256 e. The number of benzene rings is 3. The molecule has 1 heterocycles. The van der Waals surface area contributed by atoms with Crippen LogP contribution in [0.2, 0.25) is 0 Å². The smallest absolute Gasteiger partial charge is 0.256 e. The van der Waals surface area contributed by atoms with Crippen LogP contribution in [-0.2, 0) is 16.0 Å². The van der Waals surface area contributed by atoms with E-state index < -0.39 is 6.04 Å². The molecule has 3 aromatic carbocycles. The highest BCUT2D eigenvalue weighted by atomic mass is 32.1. The Bertz CT molecular complexity index is 1170. The molecule has 1 saturated heterocycles. The molecule has 8 heteroatoms. The summed E-state index contributed by atoms with van der Waals surface area (Å²) in [5.74, 6) is -0.174. The van der Waals surface area contributed by atoms with E-state index in [0.717, 1.165) is 5.56 Å². The Kier molecular flexibility index (Phi) is 7.18. The van der Waals surface area contributed by atoms with Crippen LogP contribution in [0.4, 0.5) is 15.8 Å². The Hall–Kier alpha value is -3.78. The van der Waals surface area contributed by atoms with Crippen molar-refractivity contribution in [3.05, 3.63) is 90.2 Å². The van der Waals surface area contributed by atoms with Gasteiger partial charge >= 0.3 is 0 Å². The molecule has 2 amide bonds. The van der Waals surface area contributed by atoms with Crippen molar-refractivity contribution in [2.75, 3.05) is 23.9 Å². The molecule has 1 aliphatic heterocycles. The van der Waals surface area contributed by atoms with Crippen LogP contribution in [0.15, 0.2) is 78.9 Å². The fraction of sp³-hybridized carbons (Fsp3) is 0.192. The van der Waals surface area contributed by atoms with Crippen LogP contribution in [-0.4, -0.2) is 41.5 Å². The van der Waals surface area contributed by atoms with Crippen molar-refractivity contribution in [3.63, 3.8) is 0 Å². The second kappa shape index (κ2) is 10.4. The highest BCUT2D eigenvalue weighted by Gasteiger charge is 2.43. The van der Waals surface area contributed by atoms with E-state index in [4.69, 9.17) is 17.0 Å². The van der Waals surface area contributed by atoms with Crippen molar-refractivity contribution in [2.45, 2.75) is 18.9 Å². The molecule has 174 valence electrons. The van der Waals surface area contributed by atoms with Crippen LogP contribution in [0.1, 0.15) is 12.0 Å². The fourth-order valence-electron chi connectivity index (χ4n) is 3.86.